The highest BCUT2D eigenvalue weighted by atomic mass is 16.6. The minimum absolute atomic E-state index is 0.0513. The third-order valence-corrected chi connectivity index (χ3v) is 3.47. The van der Waals surface area contributed by atoms with Crippen LogP contribution in [-0.4, -0.2) is 10.8 Å². The molecule has 1 N–H and O–H groups in total. The molecule has 2 aromatic rings. The second kappa shape index (κ2) is 6.85. The lowest BCUT2D eigenvalue weighted by Gasteiger charge is -2.13. The predicted molar refractivity (Wildman–Crippen MR) is 86.0 cm³/mol. The molecule has 0 radical (unpaired) electrons. The number of nitrogens with one attached hydrogen (secondary N) is 1. The fourth-order valence-electron chi connectivity index (χ4n) is 2.37. The first-order chi connectivity index (χ1) is 10.5. The maximum absolute atomic E-state index is 12.2. The molecule has 0 saturated heterocycles. The van der Waals surface area contributed by atoms with Gasteiger partial charge in [-0.25, -0.2) is 0 Å². The van der Waals surface area contributed by atoms with E-state index in [-0.39, 0.29) is 18.0 Å². The zero-order chi connectivity index (χ0) is 16.1. The summed E-state index contributed by atoms with van der Waals surface area (Å²) in [6.07, 6.45) is 0.893. The zero-order valence-electron chi connectivity index (χ0n) is 12.6. The van der Waals surface area contributed by atoms with Crippen LogP contribution in [0.15, 0.2) is 42.5 Å². The Morgan fingerprint density at radius 2 is 1.91 bits per heavy atom. The highest BCUT2D eigenvalue weighted by molar-refractivity contribution is 5.94. The number of hydrogen-bond donors (Lipinski definition) is 1. The van der Waals surface area contributed by atoms with E-state index in [0.29, 0.717) is 17.7 Å². The molecular formula is C17H18N2O3. The van der Waals surface area contributed by atoms with Gasteiger partial charge in [0, 0.05) is 17.8 Å². The molecule has 0 fully saturated rings. The van der Waals surface area contributed by atoms with E-state index < -0.39 is 4.92 Å². The summed E-state index contributed by atoms with van der Waals surface area (Å²) in [5, 5.41) is 13.8. The SMILES string of the molecule is CCc1cc([N+](=O)[O-])cc(C)c1NC(=O)Cc1ccccc1. The summed E-state index contributed by atoms with van der Waals surface area (Å²) in [6, 6.07) is 12.5. The maximum atomic E-state index is 12.2. The average Bonchev–Trinajstić information content (AvgIpc) is 2.49. The summed E-state index contributed by atoms with van der Waals surface area (Å²) in [5.74, 6) is -0.127. The van der Waals surface area contributed by atoms with Crippen LogP contribution in [-0.2, 0) is 17.6 Å². The number of non-ortho nitro benzene ring substituents is 1. The maximum Gasteiger partial charge on any atom is 0.270 e. The van der Waals surface area contributed by atoms with Crippen LogP contribution >= 0.6 is 0 Å². The van der Waals surface area contributed by atoms with Gasteiger partial charge in [0.1, 0.15) is 0 Å². The van der Waals surface area contributed by atoms with E-state index in [1.807, 2.05) is 37.3 Å². The van der Waals surface area contributed by atoms with E-state index in [9.17, 15) is 14.9 Å². The van der Waals surface area contributed by atoms with Crippen molar-refractivity contribution in [1.82, 2.24) is 0 Å². The van der Waals surface area contributed by atoms with Crippen molar-refractivity contribution >= 4 is 17.3 Å². The van der Waals surface area contributed by atoms with E-state index in [1.54, 1.807) is 6.92 Å². The monoisotopic (exact) mass is 298 g/mol. The van der Waals surface area contributed by atoms with Gasteiger partial charge in [0.15, 0.2) is 0 Å². The largest absolute Gasteiger partial charge is 0.325 e. The summed E-state index contributed by atoms with van der Waals surface area (Å²) in [7, 11) is 0. The predicted octanol–water partition coefficient (Wildman–Crippen LogP) is 3.65. The molecular weight excluding hydrogens is 280 g/mol. The second-order valence-corrected chi connectivity index (χ2v) is 5.12. The molecule has 0 heterocycles. The first kappa shape index (κ1) is 15.7. The van der Waals surface area contributed by atoms with Crippen LogP contribution in [0.3, 0.4) is 0 Å². The number of nitro benzene ring substituents is 1. The fraction of sp³-hybridized carbons (Fsp3) is 0.235. The van der Waals surface area contributed by atoms with Crippen molar-refractivity contribution in [3.63, 3.8) is 0 Å². The van der Waals surface area contributed by atoms with E-state index >= 15 is 0 Å². The fourth-order valence-corrected chi connectivity index (χ4v) is 2.37. The van der Waals surface area contributed by atoms with Crippen LogP contribution in [0.4, 0.5) is 11.4 Å². The molecule has 5 heteroatoms. The molecule has 1 amide bonds. The minimum atomic E-state index is -0.415. The zero-order valence-corrected chi connectivity index (χ0v) is 12.6. The molecule has 0 bridgehead atoms. The summed E-state index contributed by atoms with van der Waals surface area (Å²) < 4.78 is 0. The Hall–Kier alpha value is -2.69. The number of aryl methyl sites for hydroxylation is 2. The van der Waals surface area contributed by atoms with Crippen LogP contribution < -0.4 is 5.32 Å². The number of rotatable bonds is 5. The molecule has 114 valence electrons. The number of nitrogens with zero attached hydrogens (tertiary/aromatic N) is 1. The van der Waals surface area contributed by atoms with E-state index in [1.165, 1.54) is 12.1 Å². The molecule has 0 saturated carbocycles. The number of anilines is 1. The van der Waals surface area contributed by atoms with Gasteiger partial charge in [-0.15, -0.1) is 0 Å². The van der Waals surface area contributed by atoms with Crippen molar-refractivity contribution in [2.45, 2.75) is 26.7 Å². The molecule has 0 unspecified atom stereocenters. The van der Waals surface area contributed by atoms with E-state index in [4.69, 9.17) is 0 Å². The Labute approximate surface area is 129 Å². The van der Waals surface area contributed by atoms with Gasteiger partial charge < -0.3 is 5.32 Å². The smallest absolute Gasteiger partial charge is 0.270 e. The van der Waals surface area contributed by atoms with Gasteiger partial charge in [-0.05, 0) is 30.0 Å². The molecule has 0 aromatic heterocycles. The Bertz CT molecular complexity index is 697. The number of hydrogen-bond acceptors (Lipinski definition) is 3. The van der Waals surface area contributed by atoms with E-state index in [0.717, 1.165) is 11.1 Å². The van der Waals surface area contributed by atoms with Crippen molar-refractivity contribution in [2.75, 3.05) is 5.32 Å². The molecule has 2 rings (SSSR count). The average molecular weight is 298 g/mol. The topological polar surface area (TPSA) is 72.2 Å². The van der Waals surface area contributed by atoms with Gasteiger partial charge in [0.05, 0.1) is 11.3 Å². The summed E-state index contributed by atoms with van der Waals surface area (Å²) >= 11 is 0. The molecule has 0 atom stereocenters. The van der Waals surface area contributed by atoms with Crippen molar-refractivity contribution in [3.05, 3.63) is 69.3 Å². The lowest BCUT2D eigenvalue weighted by Crippen LogP contribution is -2.16. The first-order valence-electron chi connectivity index (χ1n) is 7.13. The minimum Gasteiger partial charge on any atom is -0.325 e. The Morgan fingerprint density at radius 1 is 1.23 bits per heavy atom. The summed E-state index contributed by atoms with van der Waals surface area (Å²) in [6.45, 7) is 3.68. The third kappa shape index (κ3) is 3.69. The van der Waals surface area contributed by atoms with Crippen molar-refractivity contribution in [3.8, 4) is 0 Å². The highest BCUT2D eigenvalue weighted by Gasteiger charge is 2.15. The van der Waals surface area contributed by atoms with Crippen LogP contribution in [0.5, 0.6) is 0 Å². The standard InChI is InChI=1S/C17H18N2O3/c1-3-14-11-15(19(21)22)9-12(2)17(14)18-16(20)10-13-7-5-4-6-8-13/h4-9,11H,3,10H2,1-2H3,(H,18,20). The van der Waals surface area contributed by atoms with Gasteiger partial charge >= 0.3 is 0 Å². The second-order valence-electron chi connectivity index (χ2n) is 5.12. The van der Waals surface area contributed by atoms with Crippen LogP contribution in [0.25, 0.3) is 0 Å². The van der Waals surface area contributed by atoms with Crippen LogP contribution in [0.1, 0.15) is 23.6 Å². The Kier molecular flexibility index (Phi) is 4.88. The van der Waals surface area contributed by atoms with Crippen molar-refractivity contribution < 1.29 is 9.72 Å². The van der Waals surface area contributed by atoms with Gasteiger partial charge in [-0.2, -0.15) is 0 Å². The lowest BCUT2D eigenvalue weighted by molar-refractivity contribution is -0.384. The first-order valence-corrected chi connectivity index (χ1v) is 7.13. The summed E-state index contributed by atoms with van der Waals surface area (Å²) in [4.78, 5) is 22.7. The molecule has 2 aromatic carbocycles. The molecule has 0 aliphatic carbocycles. The normalized spacial score (nSPS) is 10.3. The lowest BCUT2D eigenvalue weighted by atomic mass is 10.0. The summed E-state index contributed by atoms with van der Waals surface area (Å²) in [5.41, 5.74) is 3.13. The third-order valence-electron chi connectivity index (χ3n) is 3.47. The molecule has 0 spiro atoms. The van der Waals surface area contributed by atoms with Gasteiger partial charge in [-0.3, -0.25) is 14.9 Å². The van der Waals surface area contributed by atoms with Gasteiger partial charge in [0.2, 0.25) is 5.91 Å². The number of benzene rings is 2. The van der Waals surface area contributed by atoms with Crippen LogP contribution in [0.2, 0.25) is 0 Å². The Morgan fingerprint density at radius 3 is 2.50 bits per heavy atom. The highest BCUT2D eigenvalue weighted by Crippen LogP contribution is 2.27. The Balaban J connectivity index is 2.21. The van der Waals surface area contributed by atoms with Crippen molar-refractivity contribution in [1.29, 1.82) is 0 Å². The molecule has 22 heavy (non-hydrogen) atoms. The van der Waals surface area contributed by atoms with E-state index in [2.05, 4.69) is 5.32 Å². The molecule has 0 aliphatic rings. The number of carbonyl (C=O) groups excluding carboxylic acids is 1. The van der Waals surface area contributed by atoms with Crippen LogP contribution in [0, 0.1) is 17.0 Å². The number of amides is 1. The molecule has 0 aliphatic heterocycles. The van der Waals surface area contributed by atoms with Gasteiger partial charge in [0.25, 0.3) is 5.69 Å². The van der Waals surface area contributed by atoms with Crippen molar-refractivity contribution in [2.24, 2.45) is 0 Å². The number of carbonyl (C=O) groups is 1. The quantitative estimate of drug-likeness (QED) is 0.676. The molecule has 5 nitrogen and oxygen atoms in total. The number of nitro groups is 1. The van der Waals surface area contributed by atoms with Gasteiger partial charge in [-0.1, -0.05) is 37.3 Å².